The highest BCUT2D eigenvalue weighted by molar-refractivity contribution is 9.10. The Morgan fingerprint density at radius 1 is 1.03 bits per heavy atom. The number of nitrogens with zero attached hydrogens (tertiary/aromatic N) is 2. The molecule has 1 heterocycles. The molecule has 7 nitrogen and oxygen atoms in total. The summed E-state index contributed by atoms with van der Waals surface area (Å²) in [6, 6.07) is 15.2. The lowest BCUT2D eigenvalue weighted by molar-refractivity contribution is 0.0954. The summed E-state index contributed by atoms with van der Waals surface area (Å²) < 4.78 is 5.89. The molecule has 8 heteroatoms. The van der Waals surface area contributed by atoms with Gasteiger partial charge in [0.2, 0.25) is 5.95 Å². The molecule has 3 rings (SSSR count). The lowest BCUT2D eigenvalue weighted by Gasteiger charge is -2.11. The molecule has 0 unspecified atom stereocenters. The third-order valence-corrected chi connectivity index (χ3v) is 4.98. The van der Waals surface area contributed by atoms with Crippen LogP contribution in [0.2, 0.25) is 0 Å². The van der Waals surface area contributed by atoms with Gasteiger partial charge >= 0.3 is 0 Å². The van der Waals surface area contributed by atoms with Crippen LogP contribution < -0.4 is 20.7 Å². The molecule has 0 aliphatic heterocycles. The summed E-state index contributed by atoms with van der Waals surface area (Å²) in [7, 11) is 1.57. The van der Waals surface area contributed by atoms with Gasteiger partial charge in [0, 0.05) is 35.0 Å². The number of aryl methyl sites for hydroxylation is 2. The van der Waals surface area contributed by atoms with E-state index in [2.05, 4.69) is 41.8 Å². The molecule has 0 saturated heterocycles. The predicted molar refractivity (Wildman–Crippen MR) is 123 cm³/mol. The first-order valence-electron chi connectivity index (χ1n) is 9.49. The molecular weight excluding hydrogens is 446 g/mol. The standard InChI is InChI=1S/C22H24BrN5O2/c1-14-4-6-16(7-5-14)27-20-12-15(2)26-22(28-20)25-11-10-24-21(29)18-13-17(30-3)8-9-19(18)23/h4-9,12-13H,10-11H2,1-3H3,(H,24,29)(H2,25,26,27,28). The normalized spacial score (nSPS) is 10.4. The number of hydrogen-bond donors (Lipinski definition) is 3. The van der Waals surface area contributed by atoms with Gasteiger partial charge in [-0.25, -0.2) is 4.98 Å². The highest BCUT2D eigenvalue weighted by Crippen LogP contribution is 2.22. The van der Waals surface area contributed by atoms with Crippen LogP contribution in [0.1, 0.15) is 21.6 Å². The van der Waals surface area contributed by atoms with E-state index in [-0.39, 0.29) is 5.91 Å². The molecule has 30 heavy (non-hydrogen) atoms. The number of carbonyl (C=O) groups excluding carboxylic acids is 1. The average molecular weight is 470 g/mol. The smallest absolute Gasteiger partial charge is 0.252 e. The van der Waals surface area contributed by atoms with E-state index in [4.69, 9.17) is 4.74 Å². The van der Waals surface area contributed by atoms with Crippen molar-refractivity contribution in [2.75, 3.05) is 30.8 Å². The van der Waals surface area contributed by atoms with Crippen LogP contribution in [0.5, 0.6) is 5.75 Å². The van der Waals surface area contributed by atoms with Crippen LogP contribution in [0.4, 0.5) is 17.5 Å². The minimum Gasteiger partial charge on any atom is -0.497 e. The van der Waals surface area contributed by atoms with E-state index in [9.17, 15) is 4.79 Å². The van der Waals surface area contributed by atoms with Crippen molar-refractivity contribution in [3.63, 3.8) is 0 Å². The van der Waals surface area contributed by atoms with Gasteiger partial charge in [-0.05, 0) is 60.1 Å². The van der Waals surface area contributed by atoms with Crippen LogP contribution in [0, 0.1) is 13.8 Å². The summed E-state index contributed by atoms with van der Waals surface area (Å²) in [5.74, 6) is 1.65. The minimum absolute atomic E-state index is 0.186. The van der Waals surface area contributed by atoms with Crippen LogP contribution in [0.25, 0.3) is 0 Å². The largest absolute Gasteiger partial charge is 0.497 e. The van der Waals surface area contributed by atoms with Crippen molar-refractivity contribution in [1.29, 1.82) is 0 Å². The van der Waals surface area contributed by atoms with Crippen molar-refractivity contribution < 1.29 is 9.53 Å². The van der Waals surface area contributed by atoms with Crippen molar-refractivity contribution in [2.45, 2.75) is 13.8 Å². The first kappa shape index (κ1) is 21.6. The fourth-order valence-electron chi connectivity index (χ4n) is 2.75. The Kier molecular flexibility index (Phi) is 7.24. The first-order valence-corrected chi connectivity index (χ1v) is 10.3. The number of hydrogen-bond acceptors (Lipinski definition) is 6. The van der Waals surface area contributed by atoms with E-state index < -0.39 is 0 Å². The Morgan fingerprint density at radius 2 is 1.80 bits per heavy atom. The third-order valence-electron chi connectivity index (χ3n) is 4.29. The van der Waals surface area contributed by atoms with E-state index in [1.54, 1.807) is 25.3 Å². The highest BCUT2D eigenvalue weighted by atomic mass is 79.9. The van der Waals surface area contributed by atoms with Crippen LogP contribution in [0.3, 0.4) is 0 Å². The van der Waals surface area contributed by atoms with E-state index in [1.807, 2.05) is 44.2 Å². The maximum atomic E-state index is 12.4. The fraction of sp³-hybridized carbons (Fsp3) is 0.227. The van der Waals surface area contributed by atoms with Gasteiger partial charge in [-0.15, -0.1) is 0 Å². The zero-order chi connectivity index (χ0) is 21.5. The maximum absolute atomic E-state index is 12.4. The van der Waals surface area contributed by atoms with Gasteiger partial charge in [-0.3, -0.25) is 4.79 Å². The summed E-state index contributed by atoms with van der Waals surface area (Å²) in [4.78, 5) is 21.3. The number of ether oxygens (including phenoxy) is 1. The van der Waals surface area contributed by atoms with Gasteiger partial charge in [-0.1, -0.05) is 17.7 Å². The van der Waals surface area contributed by atoms with E-state index in [0.29, 0.717) is 40.6 Å². The van der Waals surface area contributed by atoms with Gasteiger partial charge in [0.25, 0.3) is 5.91 Å². The number of halogens is 1. The number of benzene rings is 2. The van der Waals surface area contributed by atoms with Crippen molar-refractivity contribution in [2.24, 2.45) is 0 Å². The summed E-state index contributed by atoms with van der Waals surface area (Å²) in [6.45, 7) is 4.86. The number of methoxy groups -OCH3 is 1. The molecule has 1 amide bonds. The Bertz CT molecular complexity index is 1020. The van der Waals surface area contributed by atoms with Gasteiger partial charge in [0.1, 0.15) is 11.6 Å². The molecule has 0 aliphatic rings. The summed E-state index contributed by atoms with van der Waals surface area (Å²) >= 11 is 3.39. The number of carbonyl (C=O) groups is 1. The molecule has 0 bridgehead atoms. The van der Waals surface area contributed by atoms with Crippen molar-refractivity contribution in [3.05, 3.63) is 69.8 Å². The Labute approximate surface area is 184 Å². The summed E-state index contributed by atoms with van der Waals surface area (Å²) in [5, 5.41) is 9.31. The summed E-state index contributed by atoms with van der Waals surface area (Å²) in [5.41, 5.74) is 3.52. The number of rotatable bonds is 8. The molecule has 2 aromatic carbocycles. The molecule has 1 aromatic heterocycles. The second-order valence-corrected chi connectivity index (χ2v) is 7.59. The van der Waals surface area contributed by atoms with Gasteiger partial charge in [0.15, 0.2) is 0 Å². The zero-order valence-corrected chi connectivity index (χ0v) is 18.7. The number of amides is 1. The molecule has 0 atom stereocenters. The second-order valence-electron chi connectivity index (χ2n) is 6.74. The quantitative estimate of drug-likeness (QED) is 0.422. The average Bonchev–Trinajstić information content (AvgIpc) is 2.73. The molecule has 0 aliphatic carbocycles. The zero-order valence-electron chi connectivity index (χ0n) is 17.1. The van der Waals surface area contributed by atoms with E-state index in [0.717, 1.165) is 11.4 Å². The number of anilines is 3. The monoisotopic (exact) mass is 469 g/mol. The van der Waals surface area contributed by atoms with Crippen LogP contribution >= 0.6 is 15.9 Å². The maximum Gasteiger partial charge on any atom is 0.252 e. The third kappa shape index (κ3) is 5.93. The topological polar surface area (TPSA) is 88.2 Å². The van der Waals surface area contributed by atoms with Crippen molar-refractivity contribution in [3.8, 4) is 5.75 Å². The van der Waals surface area contributed by atoms with Crippen LogP contribution in [0.15, 0.2) is 53.0 Å². The fourth-order valence-corrected chi connectivity index (χ4v) is 3.17. The lowest BCUT2D eigenvalue weighted by Crippen LogP contribution is -2.29. The molecular formula is C22H24BrN5O2. The summed E-state index contributed by atoms with van der Waals surface area (Å²) in [6.07, 6.45) is 0. The predicted octanol–water partition coefficient (Wildman–Crippen LogP) is 4.45. The Morgan fingerprint density at radius 3 is 2.53 bits per heavy atom. The Balaban J connectivity index is 1.55. The van der Waals surface area contributed by atoms with Gasteiger partial charge < -0.3 is 20.7 Å². The van der Waals surface area contributed by atoms with Crippen LogP contribution in [-0.4, -0.2) is 36.1 Å². The second kappa shape index (κ2) is 10.1. The van der Waals surface area contributed by atoms with Crippen LogP contribution in [-0.2, 0) is 0 Å². The van der Waals surface area contributed by atoms with E-state index in [1.165, 1.54) is 5.56 Å². The molecule has 3 N–H and O–H groups in total. The molecule has 0 spiro atoms. The van der Waals surface area contributed by atoms with Crippen molar-refractivity contribution in [1.82, 2.24) is 15.3 Å². The first-order chi connectivity index (χ1) is 14.4. The minimum atomic E-state index is -0.186. The Hall–Kier alpha value is -3.13. The number of aromatic nitrogens is 2. The molecule has 0 saturated carbocycles. The SMILES string of the molecule is COc1ccc(Br)c(C(=O)NCCNc2nc(C)cc(Nc3ccc(C)cc3)n2)c1. The lowest BCUT2D eigenvalue weighted by atomic mass is 10.2. The number of nitrogens with one attached hydrogen (secondary N) is 3. The van der Waals surface area contributed by atoms with Crippen molar-refractivity contribution >= 4 is 39.3 Å². The molecule has 0 fully saturated rings. The molecule has 0 radical (unpaired) electrons. The van der Waals surface area contributed by atoms with Gasteiger partial charge in [0.05, 0.1) is 12.7 Å². The van der Waals surface area contributed by atoms with E-state index >= 15 is 0 Å². The highest BCUT2D eigenvalue weighted by Gasteiger charge is 2.11. The molecule has 156 valence electrons. The molecule has 3 aromatic rings. The van der Waals surface area contributed by atoms with Gasteiger partial charge in [-0.2, -0.15) is 4.98 Å².